The number of amides is 2. The minimum Gasteiger partial charge on any atom is -0.480 e. The second-order valence-electron chi connectivity index (χ2n) is 4.24. The van der Waals surface area contributed by atoms with Crippen LogP contribution in [0.5, 0.6) is 0 Å². The van der Waals surface area contributed by atoms with Crippen molar-refractivity contribution >= 4 is 29.5 Å². The Morgan fingerprint density at radius 2 is 2.33 bits per heavy atom. The van der Waals surface area contributed by atoms with E-state index in [0.717, 1.165) is 12.8 Å². The van der Waals surface area contributed by atoms with Gasteiger partial charge in [-0.2, -0.15) is 11.8 Å². The number of nitrogens with one attached hydrogen (secondary N) is 2. The van der Waals surface area contributed by atoms with Crippen molar-refractivity contribution in [3.05, 3.63) is 0 Å². The Labute approximate surface area is 110 Å². The first-order chi connectivity index (χ1) is 8.49. The van der Waals surface area contributed by atoms with Crippen molar-refractivity contribution in [2.75, 3.05) is 12.3 Å². The van der Waals surface area contributed by atoms with Gasteiger partial charge in [0.05, 0.1) is 0 Å². The van der Waals surface area contributed by atoms with Crippen molar-refractivity contribution in [3.8, 4) is 0 Å². The van der Waals surface area contributed by atoms with Crippen LogP contribution in [0.25, 0.3) is 0 Å². The summed E-state index contributed by atoms with van der Waals surface area (Å²) in [6, 6.07) is -0.890. The summed E-state index contributed by atoms with van der Waals surface area (Å²) in [5.41, 5.74) is 0. The number of carboxylic acid groups (broad SMARTS) is 1. The Hall–Kier alpha value is -1.24. The monoisotopic (exact) mass is 274 g/mol. The Morgan fingerprint density at radius 1 is 1.61 bits per heavy atom. The largest absolute Gasteiger partial charge is 0.480 e. The first kappa shape index (κ1) is 14.8. The zero-order valence-electron chi connectivity index (χ0n) is 10.3. The third-order valence-corrected chi connectivity index (χ3v) is 4.01. The number of carbonyl (C=O) groups is 3. The lowest BCUT2D eigenvalue weighted by molar-refractivity contribution is -0.140. The molecule has 3 N–H and O–H groups in total. The topological polar surface area (TPSA) is 95.5 Å². The molecule has 1 aliphatic heterocycles. The van der Waals surface area contributed by atoms with Gasteiger partial charge >= 0.3 is 5.97 Å². The van der Waals surface area contributed by atoms with Crippen LogP contribution in [-0.2, 0) is 14.4 Å². The summed E-state index contributed by atoms with van der Waals surface area (Å²) >= 11 is 1.44. The molecule has 0 aromatic heterocycles. The molecule has 0 aromatic carbocycles. The molecule has 6 nitrogen and oxygen atoms in total. The van der Waals surface area contributed by atoms with Gasteiger partial charge in [0.1, 0.15) is 6.04 Å². The lowest BCUT2D eigenvalue weighted by atomic mass is 10.2. The first-order valence-corrected chi connectivity index (χ1v) is 6.92. The second kappa shape index (κ2) is 7.25. The summed E-state index contributed by atoms with van der Waals surface area (Å²) in [5.74, 6) is -1.11. The molecular weight excluding hydrogens is 256 g/mol. The number of hydrogen-bond donors (Lipinski definition) is 3. The van der Waals surface area contributed by atoms with Crippen molar-refractivity contribution in [3.63, 3.8) is 0 Å². The van der Waals surface area contributed by atoms with Crippen molar-refractivity contribution in [1.82, 2.24) is 10.6 Å². The summed E-state index contributed by atoms with van der Waals surface area (Å²) < 4.78 is 0. The van der Waals surface area contributed by atoms with Crippen molar-refractivity contribution in [2.24, 2.45) is 0 Å². The molecule has 0 bridgehead atoms. The molecule has 0 saturated carbocycles. The van der Waals surface area contributed by atoms with Crippen LogP contribution in [0.2, 0.25) is 0 Å². The fourth-order valence-corrected chi connectivity index (χ4v) is 3.03. The zero-order valence-corrected chi connectivity index (χ0v) is 11.1. The van der Waals surface area contributed by atoms with Gasteiger partial charge in [0.2, 0.25) is 11.8 Å². The van der Waals surface area contributed by atoms with E-state index in [4.69, 9.17) is 5.11 Å². The summed E-state index contributed by atoms with van der Waals surface area (Å²) in [7, 11) is 0. The van der Waals surface area contributed by atoms with E-state index < -0.39 is 12.0 Å². The third-order valence-electron chi connectivity index (χ3n) is 2.61. The van der Waals surface area contributed by atoms with Gasteiger partial charge in [-0.3, -0.25) is 9.59 Å². The molecule has 1 saturated heterocycles. The summed E-state index contributed by atoms with van der Waals surface area (Å²) in [5, 5.41) is 14.2. The van der Waals surface area contributed by atoms with Crippen LogP contribution >= 0.6 is 11.8 Å². The minimum absolute atomic E-state index is 0.0106. The van der Waals surface area contributed by atoms with Crippen molar-refractivity contribution < 1.29 is 19.5 Å². The SMILES string of the molecule is CC(=O)NC(CSC1CCCNC(=O)C1)C(=O)O. The number of aliphatic carboxylic acids is 1. The minimum atomic E-state index is -1.05. The molecule has 7 heteroatoms. The molecule has 1 fully saturated rings. The van der Waals surface area contributed by atoms with Gasteiger partial charge < -0.3 is 15.7 Å². The van der Waals surface area contributed by atoms with E-state index in [2.05, 4.69) is 10.6 Å². The summed E-state index contributed by atoms with van der Waals surface area (Å²) in [6.07, 6.45) is 2.20. The molecule has 18 heavy (non-hydrogen) atoms. The average Bonchev–Trinajstić information content (AvgIpc) is 2.48. The Morgan fingerprint density at radius 3 is 2.94 bits per heavy atom. The highest BCUT2D eigenvalue weighted by Gasteiger charge is 2.23. The van der Waals surface area contributed by atoms with Gasteiger partial charge in [0.15, 0.2) is 0 Å². The smallest absolute Gasteiger partial charge is 0.327 e. The van der Waals surface area contributed by atoms with Gasteiger partial charge in [-0.15, -0.1) is 0 Å². The maximum atomic E-state index is 11.3. The van der Waals surface area contributed by atoms with Gasteiger partial charge in [-0.05, 0) is 12.8 Å². The maximum absolute atomic E-state index is 11.3. The van der Waals surface area contributed by atoms with Gasteiger partial charge in [0.25, 0.3) is 0 Å². The lowest BCUT2D eigenvalue weighted by Crippen LogP contribution is -2.41. The predicted octanol–water partition coefficient (Wildman–Crippen LogP) is -0.0224. The van der Waals surface area contributed by atoms with Crippen molar-refractivity contribution in [2.45, 2.75) is 37.5 Å². The summed E-state index contributed by atoms with van der Waals surface area (Å²) in [6.45, 7) is 1.98. The molecule has 0 radical (unpaired) electrons. The Kier molecular flexibility index (Phi) is 5.97. The fourth-order valence-electron chi connectivity index (χ4n) is 1.73. The molecule has 0 spiro atoms. The van der Waals surface area contributed by atoms with Crippen LogP contribution in [0.4, 0.5) is 0 Å². The normalized spacial score (nSPS) is 21.6. The van der Waals surface area contributed by atoms with Crippen LogP contribution in [0.3, 0.4) is 0 Å². The van der Waals surface area contributed by atoms with E-state index in [-0.39, 0.29) is 22.8 Å². The average molecular weight is 274 g/mol. The Balaban J connectivity index is 2.42. The van der Waals surface area contributed by atoms with Crippen LogP contribution in [-0.4, -0.2) is 46.5 Å². The number of carbonyl (C=O) groups excluding carboxylic acids is 2. The van der Waals surface area contributed by atoms with E-state index in [0.29, 0.717) is 13.0 Å². The van der Waals surface area contributed by atoms with E-state index in [1.54, 1.807) is 0 Å². The summed E-state index contributed by atoms with van der Waals surface area (Å²) in [4.78, 5) is 33.1. The first-order valence-electron chi connectivity index (χ1n) is 5.87. The molecule has 1 aliphatic rings. The standard InChI is InChI=1S/C11H18N2O4S/c1-7(14)13-9(11(16)17)6-18-8-3-2-4-12-10(15)5-8/h8-9H,2-6H2,1H3,(H,12,15)(H,13,14)(H,16,17). The quantitative estimate of drug-likeness (QED) is 0.655. The maximum Gasteiger partial charge on any atom is 0.327 e. The lowest BCUT2D eigenvalue weighted by Gasteiger charge is -2.17. The number of thioether (sulfide) groups is 1. The molecule has 1 rings (SSSR count). The molecule has 2 unspecified atom stereocenters. The van der Waals surface area contributed by atoms with Crippen molar-refractivity contribution in [1.29, 1.82) is 0 Å². The highest BCUT2D eigenvalue weighted by atomic mass is 32.2. The molecule has 2 atom stereocenters. The molecule has 1 heterocycles. The molecule has 0 aliphatic carbocycles. The second-order valence-corrected chi connectivity index (χ2v) is 5.58. The third kappa shape index (κ3) is 5.39. The fraction of sp³-hybridized carbons (Fsp3) is 0.727. The van der Waals surface area contributed by atoms with Crippen LogP contribution in [0.1, 0.15) is 26.2 Å². The number of rotatable bonds is 5. The van der Waals surface area contributed by atoms with Gasteiger partial charge in [-0.25, -0.2) is 4.79 Å². The van der Waals surface area contributed by atoms with Crippen LogP contribution < -0.4 is 10.6 Å². The highest BCUT2D eigenvalue weighted by molar-refractivity contribution is 8.00. The van der Waals surface area contributed by atoms with Crippen LogP contribution in [0, 0.1) is 0 Å². The van der Waals surface area contributed by atoms with Gasteiger partial charge in [-0.1, -0.05) is 0 Å². The van der Waals surface area contributed by atoms with Crippen LogP contribution in [0.15, 0.2) is 0 Å². The van der Waals surface area contributed by atoms with E-state index in [1.165, 1.54) is 18.7 Å². The van der Waals surface area contributed by atoms with E-state index >= 15 is 0 Å². The molecule has 0 aromatic rings. The Bertz CT molecular complexity index is 335. The molecular formula is C11H18N2O4S. The molecule has 102 valence electrons. The highest BCUT2D eigenvalue weighted by Crippen LogP contribution is 2.22. The van der Waals surface area contributed by atoms with E-state index in [1.807, 2.05) is 0 Å². The zero-order chi connectivity index (χ0) is 13.5. The number of hydrogen-bond acceptors (Lipinski definition) is 4. The number of carboxylic acids is 1. The predicted molar refractivity (Wildman–Crippen MR) is 68.3 cm³/mol. The molecule has 2 amide bonds. The van der Waals surface area contributed by atoms with E-state index in [9.17, 15) is 14.4 Å². The van der Waals surface area contributed by atoms with Gasteiger partial charge in [0, 0.05) is 30.9 Å².